The Balaban J connectivity index is 0.673. The Labute approximate surface area is 474 Å². The van der Waals surface area contributed by atoms with Crippen molar-refractivity contribution in [2.24, 2.45) is 28.6 Å². The monoisotopic (exact) mass is 1160 g/mol. The van der Waals surface area contributed by atoms with E-state index in [2.05, 4.69) is 19.9 Å². The molecule has 8 aliphatic heterocycles. The molecule has 11 rings (SSSR count). The second kappa shape index (κ2) is 23.8. The summed E-state index contributed by atoms with van der Waals surface area (Å²) in [6, 6.07) is 0. The minimum Gasteiger partial charge on any atom is -0.465 e. The topological polar surface area (TPSA) is 284 Å². The van der Waals surface area contributed by atoms with E-state index in [4.69, 9.17) is 85.3 Å². The summed E-state index contributed by atoms with van der Waals surface area (Å²) in [5, 5.41) is 52.4. The average molecular weight is 1160 g/mol. The Bertz CT molecular complexity index is 2210. The fourth-order valence-corrected chi connectivity index (χ4v) is 16.7. The van der Waals surface area contributed by atoms with Gasteiger partial charge in [-0.2, -0.15) is 0 Å². The van der Waals surface area contributed by atoms with Gasteiger partial charge in [-0.3, -0.25) is 4.79 Å². The third-order valence-corrected chi connectivity index (χ3v) is 20.6. The molecule has 0 amide bonds. The van der Waals surface area contributed by atoms with Crippen LogP contribution in [0.2, 0.25) is 0 Å². The van der Waals surface area contributed by atoms with Crippen molar-refractivity contribution in [2.75, 3.05) is 48.3 Å². The number of methoxy groups -OCH3 is 4. The number of carbonyl (C=O) groups excluding carboxylic acids is 1. The number of rotatable bonds is 17. The van der Waals surface area contributed by atoms with Gasteiger partial charge in [0.05, 0.1) is 74.1 Å². The van der Waals surface area contributed by atoms with Crippen LogP contribution in [0.15, 0.2) is 11.6 Å². The molecule has 3 aliphatic carbocycles. The summed E-state index contributed by atoms with van der Waals surface area (Å²) in [4.78, 5) is 12.5. The first-order valence-corrected chi connectivity index (χ1v) is 29.5. The largest absolute Gasteiger partial charge is 0.465 e. The Morgan fingerprint density at radius 1 is 0.642 bits per heavy atom. The van der Waals surface area contributed by atoms with Gasteiger partial charge >= 0.3 is 5.97 Å². The van der Waals surface area contributed by atoms with Crippen LogP contribution in [0, 0.1) is 28.6 Å². The van der Waals surface area contributed by atoms with E-state index in [9.17, 15) is 30.3 Å². The highest BCUT2D eigenvalue weighted by Gasteiger charge is 2.83. The predicted molar refractivity (Wildman–Crippen MR) is 275 cm³/mol. The van der Waals surface area contributed by atoms with E-state index >= 15 is 0 Å². The van der Waals surface area contributed by atoms with E-state index in [0.717, 1.165) is 32.1 Å². The molecule has 8 saturated heterocycles. The van der Waals surface area contributed by atoms with Gasteiger partial charge in [0.25, 0.3) is 0 Å². The first-order chi connectivity index (χ1) is 38.6. The lowest BCUT2D eigenvalue weighted by molar-refractivity contribution is -0.374. The number of aliphatic hydroxyl groups excluding tert-OH is 5. The molecular formula is C57H90O24. The van der Waals surface area contributed by atoms with Crippen LogP contribution < -0.4 is 0 Å². The summed E-state index contributed by atoms with van der Waals surface area (Å²) in [7, 11) is 6.21. The average Bonchev–Trinajstić information content (AvgIpc) is 1.56. The maximum Gasteiger partial charge on any atom is 0.302 e. The summed E-state index contributed by atoms with van der Waals surface area (Å²) in [5.41, 5.74) is 0.758. The molecule has 0 aromatic heterocycles. The number of esters is 1. The zero-order valence-electron chi connectivity index (χ0n) is 48.6. The van der Waals surface area contributed by atoms with Gasteiger partial charge in [-0.05, 0) is 79.1 Å². The number of allylic oxidation sites excluding steroid dienone is 1. The summed E-state index contributed by atoms with van der Waals surface area (Å²) >= 11 is 0. The molecule has 0 radical (unpaired) electrons. The second-order valence-corrected chi connectivity index (χ2v) is 25.1. The van der Waals surface area contributed by atoms with Crippen molar-refractivity contribution in [3.05, 3.63) is 11.6 Å². The molecule has 8 heterocycles. The number of hydrogen-bond acceptors (Lipinski definition) is 24. The zero-order valence-corrected chi connectivity index (χ0v) is 48.6. The lowest BCUT2D eigenvalue weighted by Gasteiger charge is -2.60. The molecule has 0 spiro atoms. The van der Waals surface area contributed by atoms with Gasteiger partial charge in [-0.1, -0.05) is 18.6 Å². The lowest BCUT2D eigenvalue weighted by atomic mass is 9.47. The van der Waals surface area contributed by atoms with E-state index < -0.39 is 147 Å². The SMILES string of the molecule is COC1CC(OC2CCC3(COC(C)=O)C(=CCC4C3CCC3(C)C5C6COC5(C)OC43O6)C2)OC(C)C1OC1CC(OC)C(OC2CC(OC)C(OC3OC(C)C(OC4OC(CO)C(O)C(O)C4O)C(OC)C3O)C(C)O2)C(C)O1. The number of carbonyl (C=O) groups is 1. The van der Waals surface area contributed by atoms with Gasteiger partial charge in [0.1, 0.15) is 67.6 Å². The van der Waals surface area contributed by atoms with Crippen molar-refractivity contribution < 1.29 is 116 Å². The predicted octanol–water partition coefficient (Wildman–Crippen LogP) is 1.87. The summed E-state index contributed by atoms with van der Waals surface area (Å²) < 4.78 is 114. The van der Waals surface area contributed by atoms with Crippen molar-refractivity contribution in [1.29, 1.82) is 0 Å². The highest BCUT2D eigenvalue weighted by Crippen LogP contribution is 2.76. The number of hydrogen-bond donors (Lipinski definition) is 5. The first kappa shape index (κ1) is 61.0. The van der Waals surface area contributed by atoms with E-state index in [1.165, 1.54) is 19.6 Å². The van der Waals surface area contributed by atoms with E-state index in [-0.39, 0.29) is 59.3 Å². The molecule has 31 unspecified atom stereocenters. The number of aliphatic hydroxyl groups is 5. The van der Waals surface area contributed by atoms with E-state index in [1.54, 1.807) is 28.3 Å². The number of ether oxygens (including phenoxy) is 18. The highest BCUT2D eigenvalue weighted by molar-refractivity contribution is 5.66. The van der Waals surface area contributed by atoms with Gasteiger partial charge in [0.2, 0.25) is 0 Å². The van der Waals surface area contributed by atoms with Crippen molar-refractivity contribution in [3.63, 3.8) is 0 Å². The molecule has 31 atom stereocenters. The van der Waals surface area contributed by atoms with Gasteiger partial charge < -0.3 is 111 Å². The fraction of sp³-hybridized carbons (Fsp3) is 0.947. The van der Waals surface area contributed by atoms with E-state index in [0.29, 0.717) is 32.5 Å². The third kappa shape index (κ3) is 10.6. The molecule has 11 aliphatic rings. The minimum absolute atomic E-state index is 0.0224. The summed E-state index contributed by atoms with van der Waals surface area (Å²) in [5.74, 6) is -1.20. The Hall–Kier alpha value is -1.67. The van der Waals surface area contributed by atoms with Crippen molar-refractivity contribution >= 4 is 5.97 Å². The quantitative estimate of drug-likeness (QED) is 0.103. The van der Waals surface area contributed by atoms with Crippen molar-refractivity contribution in [3.8, 4) is 0 Å². The first-order valence-electron chi connectivity index (χ1n) is 29.5. The smallest absolute Gasteiger partial charge is 0.302 e. The zero-order chi connectivity index (χ0) is 57.7. The van der Waals surface area contributed by atoms with Crippen LogP contribution in [0.4, 0.5) is 0 Å². The normalized spacial score (nSPS) is 54.0. The van der Waals surface area contributed by atoms with Crippen LogP contribution in [0.25, 0.3) is 0 Å². The standard InChI is InChI=1S/C57H90O24/c1-25-46(34(64-8)19-39(70-25)74-31-14-17-56(24-68-29(5)59)30(18-31)12-13-33-32(56)15-16-54(6)51-38-23-69-55(51,7)81-57(33,54)80-38)76-40-20-35(65-9)47(26(2)71-40)77-41-21-36(66-10)48(27(3)72-41)78-53-45(63)50(67-11)49(28(4)73-53)79-52-44(62)43(61)42(60)37(22-58)75-52/h12,25-28,31-53,58,60-63H,13-24H2,1-11H3. The summed E-state index contributed by atoms with van der Waals surface area (Å²) in [6.45, 7) is 13.5. The molecule has 2 bridgehead atoms. The minimum atomic E-state index is -1.67. The van der Waals surface area contributed by atoms with E-state index in [1.807, 2.05) is 20.8 Å². The molecule has 24 nitrogen and oxygen atoms in total. The molecule has 0 aromatic carbocycles. The Kier molecular flexibility index (Phi) is 17.9. The maximum atomic E-state index is 12.5. The van der Waals surface area contributed by atoms with Crippen molar-refractivity contribution in [2.45, 2.75) is 265 Å². The molecule has 24 heteroatoms. The van der Waals surface area contributed by atoms with Crippen LogP contribution in [0.5, 0.6) is 0 Å². The fourth-order valence-electron chi connectivity index (χ4n) is 16.7. The van der Waals surface area contributed by atoms with Crippen LogP contribution in [0.3, 0.4) is 0 Å². The molecule has 2 saturated carbocycles. The van der Waals surface area contributed by atoms with Gasteiger partial charge in [-0.15, -0.1) is 0 Å². The van der Waals surface area contributed by atoms with Crippen LogP contribution in [-0.4, -0.2) is 239 Å². The second-order valence-electron chi connectivity index (χ2n) is 25.1. The van der Waals surface area contributed by atoms with Crippen molar-refractivity contribution in [1.82, 2.24) is 0 Å². The summed E-state index contributed by atoms with van der Waals surface area (Å²) in [6.07, 6.45) is -11.6. The van der Waals surface area contributed by atoms with Gasteiger partial charge in [-0.25, -0.2) is 0 Å². The van der Waals surface area contributed by atoms with Gasteiger partial charge in [0, 0.05) is 71.4 Å². The lowest BCUT2D eigenvalue weighted by Crippen LogP contribution is -2.65. The molecular weight excluding hydrogens is 1070 g/mol. The number of fused-ring (bicyclic) bond motifs is 3. The van der Waals surface area contributed by atoms with Crippen LogP contribution in [0.1, 0.15) is 106 Å². The van der Waals surface area contributed by atoms with Crippen LogP contribution >= 0.6 is 0 Å². The third-order valence-electron chi connectivity index (χ3n) is 20.6. The van der Waals surface area contributed by atoms with Crippen LogP contribution in [-0.2, 0) is 90.1 Å². The molecule has 0 aromatic rings. The Morgan fingerprint density at radius 3 is 1.78 bits per heavy atom. The molecule has 81 heavy (non-hydrogen) atoms. The van der Waals surface area contributed by atoms with Gasteiger partial charge in [0.15, 0.2) is 43.0 Å². The molecule has 462 valence electrons. The highest BCUT2D eigenvalue weighted by atomic mass is 16.8. The molecule has 10 fully saturated rings. The maximum absolute atomic E-state index is 12.5. The Morgan fingerprint density at radius 2 is 1.21 bits per heavy atom. The molecule has 5 N–H and O–H groups in total.